The number of rotatable bonds is 4. The van der Waals surface area contributed by atoms with Gasteiger partial charge in [0.1, 0.15) is 5.69 Å². The molecule has 1 amide bonds. The van der Waals surface area contributed by atoms with E-state index in [-0.39, 0.29) is 15.7 Å². The molecular formula is C14H9Cl2F3N2O3. The first kappa shape index (κ1) is 18.2. The van der Waals surface area contributed by atoms with Crippen LogP contribution in [0.15, 0.2) is 30.5 Å². The van der Waals surface area contributed by atoms with E-state index in [2.05, 4.69) is 9.72 Å². The van der Waals surface area contributed by atoms with Gasteiger partial charge in [0.25, 0.3) is 5.91 Å². The second-order valence-corrected chi connectivity index (χ2v) is 5.42. The van der Waals surface area contributed by atoms with Gasteiger partial charge in [0, 0.05) is 11.2 Å². The fourth-order valence-corrected chi connectivity index (χ4v) is 2.08. The molecule has 0 atom stereocenters. The second kappa shape index (κ2) is 7.14. The van der Waals surface area contributed by atoms with Crippen molar-refractivity contribution in [2.24, 2.45) is 0 Å². The average Bonchev–Trinajstić information content (AvgIpc) is 2.92. The molecule has 0 saturated heterocycles. The van der Waals surface area contributed by atoms with Gasteiger partial charge in [0.2, 0.25) is 0 Å². The summed E-state index contributed by atoms with van der Waals surface area (Å²) in [5.41, 5.74) is -1.59. The molecule has 1 heterocycles. The molecule has 2 aromatic rings. The lowest BCUT2D eigenvalue weighted by Gasteiger charge is -2.14. The minimum Gasteiger partial charge on any atom is -0.451 e. The Morgan fingerprint density at radius 2 is 1.88 bits per heavy atom. The van der Waals surface area contributed by atoms with Crippen LogP contribution >= 0.6 is 23.2 Å². The highest BCUT2D eigenvalue weighted by atomic mass is 35.5. The summed E-state index contributed by atoms with van der Waals surface area (Å²) < 4.78 is 43.4. The predicted octanol–water partition coefficient (Wildman–Crippen LogP) is 4.14. The first-order valence-corrected chi connectivity index (χ1v) is 7.10. The SMILES string of the molecule is O=C(COC(=O)c1cc(Cl)c[nH]1)Nc1ccc(Cl)cc1C(F)(F)F. The summed E-state index contributed by atoms with van der Waals surface area (Å²) in [5, 5.41) is 2.16. The number of nitrogens with one attached hydrogen (secondary N) is 2. The molecule has 0 spiro atoms. The second-order valence-electron chi connectivity index (χ2n) is 4.54. The lowest BCUT2D eigenvalue weighted by Crippen LogP contribution is -2.22. The number of aromatic nitrogens is 1. The van der Waals surface area contributed by atoms with Crippen molar-refractivity contribution < 1.29 is 27.5 Å². The number of aromatic amines is 1. The van der Waals surface area contributed by atoms with Gasteiger partial charge in [0.05, 0.1) is 16.3 Å². The Morgan fingerprint density at radius 1 is 1.17 bits per heavy atom. The lowest BCUT2D eigenvalue weighted by molar-refractivity contribution is -0.137. The highest BCUT2D eigenvalue weighted by Crippen LogP contribution is 2.36. The summed E-state index contributed by atoms with van der Waals surface area (Å²) in [7, 11) is 0. The number of esters is 1. The number of anilines is 1. The average molecular weight is 381 g/mol. The van der Waals surface area contributed by atoms with Crippen LogP contribution in [-0.2, 0) is 15.7 Å². The molecule has 1 aromatic carbocycles. The third-order valence-corrected chi connectivity index (χ3v) is 3.22. The van der Waals surface area contributed by atoms with E-state index in [1.807, 2.05) is 5.32 Å². The maximum atomic E-state index is 12.9. The van der Waals surface area contributed by atoms with E-state index in [1.165, 1.54) is 18.3 Å². The number of benzene rings is 1. The molecule has 0 bridgehead atoms. The number of amides is 1. The van der Waals surface area contributed by atoms with Crippen molar-refractivity contribution in [3.8, 4) is 0 Å². The van der Waals surface area contributed by atoms with Crippen LogP contribution in [0, 0.1) is 0 Å². The van der Waals surface area contributed by atoms with Crippen LogP contribution in [0.2, 0.25) is 10.0 Å². The Bertz CT molecular complexity index is 775. The Hall–Kier alpha value is -2.19. The topological polar surface area (TPSA) is 71.2 Å². The number of hydrogen-bond donors (Lipinski definition) is 2. The number of carbonyl (C=O) groups is 2. The van der Waals surface area contributed by atoms with Crippen molar-refractivity contribution in [2.45, 2.75) is 6.18 Å². The quantitative estimate of drug-likeness (QED) is 0.783. The maximum absolute atomic E-state index is 12.9. The minimum atomic E-state index is -4.70. The van der Waals surface area contributed by atoms with E-state index in [9.17, 15) is 22.8 Å². The summed E-state index contributed by atoms with van der Waals surface area (Å²) in [6.45, 7) is -0.768. The number of hydrogen-bond acceptors (Lipinski definition) is 3. The smallest absolute Gasteiger partial charge is 0.418 e. The number of carbonyl (C=O) groups excluding carboxylic acids is 2. The molecule has 0 aliphatic heterocycles. The Balaban J connectivity index is 2.01. The van der Waals surface area contributed by atoms with Crippen molar-refractivity contribution in [1.82, 2.24) is 4.98 Å². The van der Waals surface area contributed by atoms with Gasteiger partial charge in [-0.15, -0.1) is 0 Å². The Morgan fingerprint density at radius 3 is 2.46 bits per heavy atom. The van der Waals surface area contributed by atoms with Gasteiger partial charge in [-0.3, -0.25) is 4.79 Å². The zero-order chi connectivity index (χ0) is 17.9. The van der Waals surface area contributed by atoms with E-state index >= 15 is 0 Å². The van der Waals surface area contributed by atoms with Crippen molar-refractivity contribution in [3.63, 3.8) is 0 Å². The Kier molecular flexibility index (Phi) is 5.40. The molecule has 0 aliphatic carbocycles. The number of alkyl halides is 3. The van der Waals surface area contributed by atoms with Crippen molar-refractivity contribution in [2.75, 3.05) is 11.9 Å². The molecule has 10 heteroatoms. The van der Waals surface area contributed by atoms with Gasteiger partial charge in [-0.2, -0.15) is 13.2 Å². The minimum absolute atomic E-state index is 0.00951. The molecule has 2 rings (SSSR count). The van der Waals surface area contributed by atoms with Gasteiger partial charge in [0.15, 0.2) is 6.61 Å². The summed E-state index contributed by atoms with van der Waals surface area (Å²) in [5.74, 6) is -1.81. The molecule has 0 unspecified atom stereocenters. The van der Waals surface area contributed by atoms with Crippen molar-refractivity contribution in [1.29, 1.82) is 0 Å². The van der Waals surface area contributed by atoms with Crippen LogP contribution in [0.5, 0.6) is 0 Å². The lowest BCUT2D eigenvalue weighted by atomic mass is 10.1. The first-order chi connectivity index (χ1) is 11.2. The first-order valence-electron chi connectivity index (χ1n) is 6.34. The summed E-state index contributed by atoms with van der Waals surface area (Å²) in [4.78, 5) is 25.8. The summed E-state index contributed by atoms with van der Waals surface area (Å²) in [6, 6.07) is 4.17. The highest BCUT2D eigenvalue weighted by Gasteiger charge is 2.34. The predicted molar refractivity (Wildman–Crippen MR) is 81.2 cm³/mol. The van der Waals surface area contributed by atoms with Crippen molar-refractivity contribution in [3.05, 3.63) is 51.8 Å². The molecule has 0 saturated carbocycles. The number of H-pyrrole nitrogens is 1. The summed E-state index contributed by atoms with van der Waals surface area (Å²) in [6.07, 6.45) is -3.37. The van der Waals surface area contributed by atoms with Gasteiger partial charge >= 0.3 is 12.1 Å². The largest absolute Gasteiger partial charge is 0.451 e. The molecular weight excluding hydrogens is 372 g/mol. The van der Waals surface area contributed by atoms with Gasteiger partial charge < -0.3 is 15.0 Å². The normalized spacial score (nSPS) is 11.2. The number of halogens is 5. The van der Waals surface area contributed by atoms with E-state index in [0.29, 0.717) is 6.07 Å². The monoisotopic (exact) mass is 380 g/mol. The Labute approximate surface area is 143 Å². The molecule has 1 aromatic heterocycles. The molecule has 0 fully saturated rings. The van der Waals surface area contributed by atoms with Crippen LogP contribution in [0.25, 0.3) is 0 Å². The molecule has 24 heavy (non-hydrogen) atoms. The maximum Gasteiger partial charge on any atom is 0.418 e. The molecule has 5 nitrogen and oxygen atoms in total. The van der Waals surface area contributed by atoms with Gasteiger partial charge in [-0.05, 0) is 24.3 Å². The zero-order valence-corrected chi connectivity index (χ0v) is 13.2. The molecule has 0 radical (unpaired) electrons. The third kappa shape index (κ3) is 4.65. The number of ether oxygens (including phenoxy) is 1. The fourth-order valence-electron chi connectivity index (χ4n) is 1.74. The van der Waals surface area contributed by atoms with Gasteiger partial charge in [-0.1, -0.05) is 23.2 Å². The summed E-state index contributed by atoms with van der Waals surface area (Å²) >= 11 is 11.1. The van der Waals surface area contributed by atoms with Crippen LogP contribution in [0.1, 0.15) is 16.1 Å². The third-order valence-electron chi connectivity index (χ3n) is 2.76. The molecule has 0 aliphatic rings. The van der Waals surface area contributed by atoms with Crippen LogP contribution < -0.4 is 5.32 Å². The highest BCUT2D eigenvalue weighted by molar-refractivity contribution is 6.31. The van der Waals surface area contributed by atoms with Crippen LogP contribution in [0.3, 0.4) is 0 Å². The van der Waals surface area contributed by atoms with E-state index < -0.39 is 35.9 Å². The van der Waals surface area contributed by atoms with Crippen LogP contribution in [-0.4, -0.2) is 23.5 Å². The zero-order valence-electron chi connectivity index (χ0n) is 11.7. The van der Waals surface area contributed by atoms with E-state index in [0.717, 1.165) is 6.07 Å². The fraction of sp³-hybridized carbons (Fsp3) is 0.143. The van der Waals surface area contributed by atoms with E-state index in [1.54, 1.807) is 0 Å². The van der Waals surface area contributed by atoms with Crippen LogP contribution in [0.4, 0.5) is 18.9 Å². The molecule has 128 valence electrons. The van der Waals surface area contributed by atoms with E-state index in [4.69, 9.17) is 23.2 Å². The molecule has 2 N–H and O–H groups in total. The van der Waals surface area contributed by atoms with Crippen molar-refractivity contribution >= 4 is 40.8 Å². The van der Waals surface area contributed by atoms with Gasteiger partial charge in [-0.25, -0.2) is 4.79 Å². The standard InChI is InChI=1S/C14H9Cl2F3N2O3/c15-7-1-2-10(9(3-7)14(17,18)19)21-12(22)6-24-13(23)11-4-8(16)5-20-11/h1-5,20H,6H2,(H,21,22).